The molecule has 0 saturated heterocycles. The summed E-state index contributed by atoms with van der Waals surface area (Å²) in [5, 5.41) is 0. The molecule has 1 atom stereocenters. The largest absolute Gasteiger partial charge is 0.495 e. The number of nitrogens with two attached hydrogens (primary N) is 1. The van der Waals surface area contributed by atoms with Gasteiger partial charge in [-0.05, 0) is 31.0 Å². The summed E-state index contributed by atoms with van der Waals surface area (Å²) >= 11 is 0. The Hall–Kier alpha value is -1.27. The topological polar surface area (TPSA) is 81.4 Å². The van der Waals surface area contributed by atoms with Crippen molar-refractivity contribution in [1.82, 2.24) is 4.72 Å². The normalized spacial score (nSPS) is 13.4. The van der Waals surface area contributed by atoms with Crippen LogP contribution in [0.3, 0.4) is 0 Å². The summed E-state index contributed by atoms with van der Waals surface area (Å²) in [6, 6.07) is 4.45. The first-order valence-electron chi connectivity index (χ1n) is 6.81. The molecule has 1 aromatic rings. The lowest BCUT2D eigenvalue weighted by molar-refractivity contribution is 0.386. The number of nitrogen functional groups attached to an aromatic ring is 1. The van der Waals surface area contributed by atoms with Crippen molar-refractivity contribution in [3.63, 3.8) is 0 Å². The van der Waals surface area contributed by atoms with E-state index in [1.165, 1.54) is 13.2 Å². The zero-order chi connectivity index (χ0) is 15.3. The van der Waals surface area contributed by atoms with Crippen LogP contribution in [0.4, 0.5) is 5.69 Å². The standard InChI is InChI=1S/C14H24N2O3S/c1-5-11(6-2)10(3)16-20(17,18)14-9-12(15)7-8-13(14)19-4/h7-11,16H,5-6,15H2,1-4H3. The third-order valence-corrected chi connectivity index (χ3v) is 5.15. The quantitative estimate of drug-likeness (QED) is 0.758. The van der Waals surface area contributed by atoms with Gasteiger partial charge in [-0.15, -0.1) is 0 Å². The Morgan fingerprint density at radius 2 is 1.90 bits per heavy atom. The molecule has 114 valence electrons. The summed E-state index contributed by atoms with van der Waals surface area (Å²) in [7, 11) is -2.21. The van der Waals surface area contributed by atoms with Gasteiger partial charge < -0.3 is 10.5 Å². The minimum absolute atomic E-state index is 0.0813. The van der Waals surface area contributed by atoms with Crippen molar-refractivity contribution in [3.05, 3.63) is 18.2 Å². The minimum Gasteiger partial charge on any atom is -0.495 e. The zero-order valence-corrected chi connectivity index (χ0v) is 13.3. The lowest BCUT2D eigenvalue weighted by atomic mass is 9.96. The van der Waals surface area contributed by atoms with Gasteiger partial charge in [0.1, 0.15) is 10.6 Å². The molecule has 0 fully saturated rings. The molecule has 0 aromatic heterocycles. The Morgan fingerprint density at radius 3 is 2.40 bits per heavy atom. The van der Waals surface area contributed by atoms with Gasteiger partial charge in [-0.1, -0.05) is 26.7 Å². The van der Waals surface area contributed by atoms with Gasteiger partial charge in [0.05, 0.1) is 7.11 Å². The fourth-order valence-corrected chi connectivity index (χ4v) is 3.82. The molecule has 0 amide bonds. The average Bonchev–Trinajstić information content (AvgIpc) is 2.39. The van der Waals surface area contributed by atoms with E-state index in [0.717, 1.165) is 12.8 Å². The smallest absolute Gasteiger partial charge is 0.244 e. The van der Waals surface area contributed by atoms with Crippen LogP contribution in [0.15, 0.2) is 23.1 Å². The van der Waals surface area contributed by atoms with Crippen LogP contribution in [-0.4, -0.2) is 21.6 Å². The van der Waals surface area contributed by atoms with E-state index in [1.807, 2.05) is 6.92 Å². The maximum absolute atomic E-state index is 12.5. The molecule has 0 radical (unpaired) electrons. The second kappa shape index (κ2) is 6.95. The summed E-state index contributed by atoms with van der Waals surface area (Å²) < 4.78 is 32.7. The van der Waals surface area contributed by atoms with Gasteiger partial charge in [0.25, 0.3) is 0 Å². The molecule has 3 N–H and O–H groups in total. The van der Waals surface area contributed by atoms with E-state index in [2.05, 4.69) is 18.6 Å². The van der Waals surface area contributed by atoms with Crippen LogP contribution in [0.1, 0.15) is 33.6 Å². The van der Waals surface area contributed by atoms with Gasteiger partial charge in [-0.3, -0.25) is 0 Å². The lowest BCUT2D eigenvalue weighted by Crippen LogP contribution is -2.37. The molecule has 0 saturated carbocycles. The SMILES string of the molecule is CCC(CC)C(C)NS(=O)(=O)c1cc(N)ccc1OC. The van der Waals surface area contributed by atoms with Crippen molar-refractivity contribution in [2.75, 3.05) is 12.8 Å². The number of sulfonamides is 1. The number of methoxy groups -OCH3 is 1. The van der Waals surface area contributed by atoms with Crippen molar-refractivity contribution < 1.29 is 13.2 Å². The average molecular weight is 300 g/mol. The zero-order valence-electron chi connectivity index (χ0n) is 12.5. The first kappa shape index (κ1) is 16.8. The van der Waals surface area contributed by atoms with E-state index in [1.54, 1.807) is 12.1 Å². The highest BCUT2D eigenvalue weighted by Crippen LogP contribution is 2.26. The molecule has 0 spiro atoms. The summed E-state index contributed by atoms with van der Waals surface area (Å²) in [6.07, 6.45) is 1.85. The summed E-state index contributed by atoms with van der Waals surface area (Å²) in [6.45, 7) is 5.99. The predicted octanol–water partition coefficient (Wildman–Crippen LogP) is 2.38. The van der Waals surface area contributed by atoms with Crippen LogP contribution in [0.2, 0.25) is 0 Å². The van der Waals surface area contributed by atoms with Crippen LogP contribution in [0.25, 0.3) is 0 Å². The first-order chi connectivity index (χ1) is 9.35. The lowest BCUT2D eigenvalue weighted by Gasteiger charge is -2.23. The molecule has 5 nitrogen and oxygen atoms in total. The maximum atomic E-state index is 12.5. The van der Waals surface area contributed by atoms with Gasteiger partial charge in [-0.2, -0.15) is 0 Å². The van der Waals surface area contributed by atoms with E-state index < -0.39 is 10.0 Å². The second-order valence-corrected chi connectivity index (χ2v) is 6.58. The Morgan fingerprint density at radius 1 is 1.30 bits per heavy atom. The van der Waals surface area contributed by atoms with Crippen LogP contribution in [0, 0.1) is 5.92 Å². The summed E-state index contributed by atoms with van der Waals surface area (Å²) in [5.41, 5.74) is 6.06. The van der Waals surface area contributed by atoms with Gasteiger partial charge in [0.2, 0.25) is 10.0 Å². The van der Waals surface area contributed by atoms with E-state index >= 15 is 0 Å². The van der Waals surface area contributed by atoms with Crippen LogP contribution >= 0.6 is 0 Å². The van der Waals surface area contributed by atoms with Crippen LogP contribution in [-0.2, 0) is 10.0 Å². The number of benzene rings is 1. The van der Waals surface area contributed by atoms with Crippen molar-refractivity contribution in [2.24, 2.45) is 5.92 Å². The highest BCUT2D eigenvalue weighted by atomic mass is 32.2. The molecule has 1 aromatic carbocycles. The highest BCUT2D eigenvalue weighted by Gasteiger charge is 2.24. The molecular formula is C14H24N2O3S. The molecular weight excluding hydrogens is 276 g/mol. The van der Waals surface area contributed by atoms with Crippen LogP contribution < -0.4 is 15.2 Å². The molecule has 0 aliphatic heterocycles. The van der Waals surface area contributed by atoms with Crippen LogP contribution in [0.5, 0.6) is 5.75 Å². The van der Waals surface area contributed by atoms with Gasteiger partial charge in [0, 0.05) is 11.7 Å². The third kappa shape index (κ3) is 3.86. The molecule has 20 heavy (non-hydrogen) atoms. The fraction of sp³-hybridized carbons (Fsp3) is 0.571. The van der Waals surface area contributed by atoms with E-state index in [-0.39, 0.29) is 10.9 Å². The molecule has 1 rings (SSSR count). The van der Waals surface area contributed by atoms with Crippen molar-refractivity contribution >= 4 is 15.7 Å². The highest BCUT2D eigenvalue weighted by molar-refractivity contribution is 7.89. The van der Waals surface area contributed by atoms with Gasteiger partial charge >= 0.3 is 0 Å². The number of hydrogen-bond donors (Lipinski definition) is 2. The Kier molecular flexibility index (Phi) is 5.83. The number of ether oxygens (including phenoxy) is 1. The van der Waals surface area contributed by atoms with E-state index in [9.17, 15) is 8.42 Å². The maximum Gasteiger partial charge on any atom is 0.244 e. The number of rotatable bonds is 7. The number of nitrogens with one attached hydrogen (secondary N) is 1. The molecule has 0 aliphatic rings. The first-order valence-corrected chi connectivity index (χ1v) is 8.29. The Balaban J connectivity index is 3.08. The van der Waals surface area contributed by atoms with Gasteiger partial charge in [0.15, 0.2) is 0 Å². The Labute approximate surface area is 121 Å². The molecule has 0 aliphatic carbocycles. The second-order valence-electron chi connectivity index (χ2n) is 4.90. The third-order valence-electron chi connectivity index (χ3n) is 3.57. The number of anilines is 1. The monoisotopic (exact) mass is 300 g/mol. The Bertz CT molecular complexity index is 539. The summed E-state index contributed by atoms with van der Waals surface area (Å²) in [4.78, 5) is 0.0813. The number of hydrogen-bond acceptors (Lipinski definition) is 4. The molecule has 0 bridgehead atoms. The van der Waals surface area contributed by atoms with Crippen molar-refractivity contribution in [1.29, 1.82) is 0 Å². The van der Waals surface area contributed by atoms with Crippen molar-refractivity contribution in [2.45, 2.75) is 44.6 Å². The van der Waals surface area contributed by atoms with Gasteiger partial charge in [-0.25, -0.2) is 13.1 Å². The van der Waals surface area contributed by atoms with E-state index in [0.29, 0.717) is 17.4 Å². The summed E-state index contributed by atoms with van der Waals surface area (Å²) in [5.74, 6) is 0.597. The van der Waals surface area contributed by atoms with Crippen molar-refractivity contribution in [3.8, 4) is 5.75 Å². The minimum atomic E-state index is -3.64. The predicted molar refractivity (Wildman–Crippen MR) is 81.3 cm³/mol. The molecule has 1 unspecified atom stereocenters. The molecule has 6 heteroatoms. The van der Waals surface area contributed by atoms with E-state index in [4.69, 9.17) is 10.5 Å². The fourth-order valence-electron chi connectivity index (χ4n) is 2.30. The molecule has 0 heterocycles.